The summed E-state index contributed by atoms with van der Waals surface area (Å²) in [6.07, 6.45) is 0. The van der Waals surface area contributed by atoms with Crippen molar-refractivity contribution in [3.05, 3.63) is 91.0 Å². The van der Waals surface area contributed by atoms with E-state index in [1.807, 2.05) is 54.6 Å². The van der Waals surface area contributed by atoms with Crippen molar-refractivity contribution >= 4 is 18.2 Å². The monoisotopic (exact) mass is 388 g/mol. The van der Waals surface area contributed by atoms with Gasteiger partial charge in [0.2, 0.25) is 0 Å². The lowest BCUT2D eigenvalue weighted by molar-refractivity contribution is 0.296. The SMILES string of the molecule is CCOP(=O)(Oc1ccccc1)Sc1ccccc1.Oc1ccccc1. The number of phenols is 1. The molecule has 0 fully saturated rings. The Balaban J connectivity index is 0.000000290. The molecule has 0 spiro atoms. The van der Waals surface area contributed by atoms with Crippen molar-refractivity contribution < 1.29 is 18.7 Å². The summed E-state index contributed by atoms with van der Waals surface area (Å²) in [5, 5.41) is 8.63. The zero-order valence-corrected chi connectivity index (χ0v) is 16.1. The standard InChI is InChI=1S/C14H15O3PS.C6H6O/c1-2-16-18(15,17-13-9-5-3-6-10-13)19-14-11-7-4-8-12-14;7-6-4-2-1-3-5-6/h3-12H,2H2,1H3;1-5,7H. The quantitative estimate of drug-likeness (QED) is 0.496. The van der Waals surface area contributed by atoms with Gasteiger partial charge in [-0.15, -0.1) is 0 Å². The molecule has 0 aliphatic carbocycles. The van der Waals surface area contributed by atoms with E-state index in [1.54, 1.807) is 43.3 Å². The van der Waals surface area contributed by atoms with E-state index < -0.39 is 6.80 Å². The number of para-hydroxylation sites is 2. The average Bonchev–Trinajstić information content (AvgIpc) is 2.64. The van der Waals surface area contributed by atoms with Crippen molar-refractivity contribution in [2.24, 2.45) is 0 Å². The van der Waals surface area contributed by atoms with Gasteiger partial charge in [0.25, 0.3) is 0 Å². The minimum atomic E-state index is -3.25. The van der Waals surface area contributed by atoms with E-state index in [-0.39, 0.29) is 0 Å². The van der Waals surface area contributed by atoms with Crippen molar-refractivity contribution in [2.45, 2.75) is 11.8 Å². The first-order valence-corrected chi connectivity index (χ1v) is 11.1. The third kappa shape index (κ3) is 7.36. The van der Waals surface area contributed by atoms with E-state index in [0.29, 0.717) is 18.1 Å². The molecule has 0 heterocycles. The largest absolute Gasteiger partial charge is 0.508 e. The van der Waals surface area contributed by atoms with Crippen LogP contribution in [0.1, 0.15) is 6.92 Å². The number of rotatable bonds is 6. The first kappa shape index (κ1) is 20.1. The van der Waals surface area contributed by atoms with Gasteiger partial charge >= 0.3 is 6.80 Å². The Kier molecular flexibility index (Phi) is 8.29. The number of phenolic OH excluding ortho intramolecular Hbond substituents is 1. The van der Waals surface area contributed by atoms with E-state index in [0.717, 1.165) is 16.3 Å². The minimum absolute atomic E-state index is 0.322. The Morgan fingerprint density at radius 3 is 1.81 bits per heavy atom. The van der Waals surface area contributed by atoms with Crippen molar-refractivity contribution in [1.82, 2.24) is 0 Å². The van der Waals surface area contributed by atoms with Crippen molar-refractivity contribution in [2.75, 3.05) is 6.61 Å². The fourth-order valence-electron chi connectivity index (χ4n) is 1.88. The maximum absolute atomic E-state index is 12.7. The third-order valence-corrected chi connectivity index (χ3v) is 6.52. The van der Waals surface area contributed by atoms with E-state index in [1.165, 1.54) is 0 Å². The molecule has 0 bridgehead atoms. The molecule has 0 aliphatic heterocycles. The van der Waals surface area contributed by atoms with Crippen LogP contribution in [0.5, 0.6) is 11.5 Å². The summed E-state index contributed by atoms with van der Waals surface area (Å²) in [4.78, 5) is 0.857. The van der Waals surface area contributed by atoms with E-state index in [4.69, 9.17) is 14.2 Å². The van der Waals surface area contributed by atoms with Gasteiger partial charge in [0, 0.05) is 16.3 Å². The van der Waals surface area contributed by atoms with Crippen molar-refractivity contribution in [1.29, 1.82) is 0 Å². The number of benzene rings is 3. The molecule has 136 valence electrons. The molecular formula is C20H21O4PS. The van der Waals surface area contributed by atoms with Crippen LogP contribution in [0.15, 0.2) is 95.9 Å². The lowest BCUT2D eigenvalue weighted by Crippen LogP contribution is -1.95. The van der Waals surface area contributed by atoms with Crippen LogP contribution >= 0.6 is 18.2 Å². The molecule has 3 aromatic rings. The van der Waals surface area contributed by atoms with E-state index in [9.17, 15) is 4.57 Å². The summed E-state index contributed by atoms with van der Waals surface area (Å²) < 4.78 is 23.5. The molecule has 0 aliphatic rings. The van der Waals surface area contributed by atoms with Gasteiger partial charge in [0.05, 0.1) is 6.61 Å². The molecule has 6 heteroatoms. The zero-order chi connectivity index (χ0) is 18.7. The topological polar surface area (TPSA) is 55.8 Å². The van der Waals surface area contributed by atoms with Gasteiger partial charge < -0.3 is 9.63 Å². The second-order valence-corrected chi connectivity index (χ2v) is 8.89. The molecule has 0 amide bonds. The number of hydrogen-bond donors (Lipinski definition) is 1. The van der Waals surface area contributed by atoms with Gasteiger partial charge in [0.1, 0.15) is 11.5 Å². The second-order valence-electron chi connectivity index (χ2n) is 5.01. The molecule has 1 atom stereocenters. The minimum Gasteiger partial charge on any atom is -0.508 e. The highest BCUT2D eigenvalue weighted by Crippen LogP contribution is 2.62. The first-order valence-electron chi connectivity index (χ1n) is 8.09. The van der Waals surface area contributed by atoms with Gasteiger partial charge in [0.15, 0.2) is 0 Å². The number of hydrogen-bond acceptors (Lipinski definition) is 5. The Morgan fingerprint density at radius 2 is 1.35 bits per heavy atom. The highest BCUT2D eigenvalue weighted by atomic mass is 32.7. The molecule has 4 nitrogen and oxygen atoms in total. The predicted octanol–water partition coefficient (Wildman–Crippen LogP) is 6.39. The van der Waals surface area contributed by atoms with Crippen LogP contribution < -0.4 is 4.52 Å². The van der Waals surface area contributed by atoms with E-state index >= 15 is 0 Å². The maximum atomic E-state index is 12.7. The molecule has 0 aromatic heterocycles. The number of aromatic hydroxyl groups is 1. The Morgan fingerprint density at radius 1 is 0.846 bits per heavy atom. The van der Waals surface area contributed by atoms with Gasteiger partial charge in [-0.25, -0.2) is 4.57 Å². The van der Waals surface area contributed by atoms with Crippen LogP contribution in [0.2, 0.25) is 0 Å². The Hall–Kier alpha value is -2.20. The molecular weight excluding hydrogens is 367 g/mol. The summed E-state index contributed by atoms with van der Waals surface area (Å²) in [5.74, 6) is 0.866. The second kappa shape index (κ2) is 10.7. The summed E-state index contributed by atoms with van der Waals surface area (Å²) in [6, 6.07) is 27.2. The summed E-state index contributed by atoms with van der Waals surface area (Å²) in [6.45, 7) is -1.11. The molecule has 0 saturated heterocycles. The highest BCUT2D eigenvalue weighted by molar-refractivity contribution is 8.55. The molecule has 26 heavy (non-hydrogen) atoms. The molecule has 1 unspecified atom stereocenters. The van der Waals surface area contributed by atoms with Crippen LogP contribution in [0.3, 0.4) is 0 Å². The molecule has 0 radical (unpaired) electrons. The van der Waals surface area contributed by atoms with E-state index in [2.05, 4.69) is 0 Å². The van der Waals surface area contributed by atoms with Crippen molar-refractivity contribution in [3.63, 3.8) is 0 Å². The van der Waals surface area contributed by atoms with Gasteiger partial charge in [-0.2, -0.15) is 0 Å². The third-order valence-electron chi connectivity index (χ3n) is 2.96. The molecule has 1 N–H and O–H groups in total. The van der Waals surface area contributed by atoms with Crippen LogP contribution in [0.25, 0.3) is 0 Å². The normalized spacial score (nSPS) is 12.3. The van der Waals surface area contributed by atoms with Gasteiger partial charge in [-0.3, -0.25) is 4.52 Å². The zero-order valence-electron chi connectivity index (χ0n) is 14.4. The molecule has 3 aromatic carbocycles. The summed E-state index contributed by atoms with van der Waals surface area (Å²) in [5.41, 5.74) is 0. The van der Waals surface area contributed by atoms with Gasteiger partial charge in [-0.1, -0.05) is 54.6 Å². The maximum Gasteiger partial charge on any atom is 0.444 e. The Labute approximate surface area is 158 Å². The van der Waals surface area contributed by atoms with Crippen LogP contribution in [-0.4, -0.2) is 11.7 Å². The smallest absolute Gasteiger partial charge is 0.444 e. The van der Waals surface area contributed by atoms with Crippen LogP contribution in [0, 0.1) is 0 Å². The predicted molar refractivity (Wildman–Crippen MR) is 107 cm³/mol. The lowest BCUT2D eigenvalue weighted by atomic mass is 10.3. The van der Waals surface area contributed by atoms with Crippen molar-refractivity contribution in [3.8, 4) is 11.5 Å². The molecule has 0 saturated carbocycles. The lowest BCUT2D eigenvalue weighted by Gasteiger charge is -2.17. The van der Waals surface area contributed by atoms with Crippen LogP contribution in [-0.2, 0) is 9.09 Å². The summed E-state index contributed by atoms with van der Waals surface area (Å²) >= 11 is 1.12. The Bertz CT molecular complexity index is 752. The average molecular weight is 388 g/mol. The highest BCUT2D eigenvalue weighted by Gasteiger charge is 2.27. The fourth-order valence-corrected chi connectivity index (χ4v) is 5.24. The van der Waals surface area contributed by atoms with Crippen LogP contribution in [0.4, 0.5) is 0 Å². The summed E-state index contributed by atoms with van der Waals surface area (Å²) in [7, 11) is 0. The molecule has 3 rings (SSSR count). The fraction of sp³-hybridized carbons (Fsp3) is 0.100. The first-order chi connectivity index (χ1) is 12.6. The van der Waals surface area contributed by atoms with Gasteiger partial charge in [-0.05, 0) is 43.3 Å².